The second kappa shape index (κ2) is 10.5. The molecule has 9 nitrogen and oxygen atoms in total. The largest absolute Gasteiger partial charge is 0.383 e. The smallest absolute Gasteiger partial charge is 0.321 e. The summed E-state index contributed by atoms with van der Waals surface area (Å²) < 4.78 is 19.9. The van der Waals surface area contributed by atoms with Crippen LogP contribution in [0.4, 0.5) is 9.18 Å². The van der Waals surface area contributed by atoms with Crippen LogP contribution < -0.4 is 10.6 Å². The van der Waals surface area contributed by atoms with Crippen molar-refractivity contribution in [2.45, 2.75) is 5.16 Å². The molecule has 3 aromatic rings. The fraction of sp³-hybridized carbons (Fsp3) is 0.211. The molecule has 0 atom stereocenters. The summed E-state index contributed by atoms with van der Waals surface area (Å²) in [5.41, 5.74) is 1.39. The Hall–Kier alpha value is -3.31. The van der Waals surface area contributed by atoms with Gasteiger partial charge in [-0.05, 0) is 36.4 Å². The fourth-order valence-corrected chi connectivity index (χ4v) is 3.23. The maximum absolute atomic E-state index is 13.4. The molecule has 0 radical (unpaired) electrons. The number of hydrogen-bond donors (Lipinski definition) is 2. The van der Waals surface area contributed by atoms with Gasteiger partial charge in [-0.2, -0.15) is 0 Å². The standard InChI is InChI=1S/C19H19FN6O3S/c1-29-11-10-22-18(28)23-16(27)12-30-19-25-24-17(13-6-8-21-9-7-13)26(19)15-4-2-14(20)3-5-15/h2-9H,10-12H2,1H3,(H2,22,23,27,28). The first-order valence-electron chi connectivity index (χ1n) is 8.89. The molecular weight excluding hydrogens is 411 g/mol. The number of hydrogen-bond acceptors (Lipinski definition) is 7. The number of benzene rings is 1. The zero-order valence-corrected chi connectivity index (χ0v) is 16.9. The van der Waals surface area contributed by atoms with E-state index in [1.165, 1.54) is 19.2 Å². The van der Waals surface area contributed by atoms with Crippen molar-refractivity contribution in [1.82, 2.24) is 30.4 Å². The molecule has 2 aromatic heterocycles. The van der Waals surface area contributed by atoms with Crippen LogP contribution in [-0.2, 0) is 9.53 Å². The monoisotopic (exact) mass is 430 g/mol. The number of amides is 3. The van der Waals surface area contributed by atoms with Crippen molar-refractivity contribution in [3.05, 3.63) is 54.6 Å². The number of methoxy groups -OCH3 is 1. The minimum atomic E-state index is -0.602. The van der Waals surface area contributed by atoms with Gasteiger partial charge in [0.2, 0.25) is 5.91 Å². The summed E-state index contributed by atoms with van der Waals surface area (Å²) in [5, 5.41) is 13.5. The predicted molar refractivity (Wildman–Crippen MR) is 109 cm³/mol. The van der Waals surface area contributed by atoms with Crippen LogP contribution in [0.5, 0.6) is 0 Å². The molecule has 30 heavy (non-hydrogen) atoms. The van der Waals surface area contributed by atoms with Gasteiger partial charge in [-0.25, -0.2) is 9.18 Å². The van der Waals surface area contributed by atoms with Gasteiger partial charge in [-0.1, -0.05) is 11.8 Å². The molecule has 0 spiro atoms. The van der Waals surface area contributed by atoms with E-state index >= 15 is 0 Å². The molecule has 3 amide bonds. The summed E-state index contributed by atoms with van der Waals surface area (Å²) in [6.07, 6.45) is 3.25. The van der Waals surface area contributed by atoms with Crippen molar-refractivity contribution in [3.8, 4) is 17.1 Å². The third kappa shape index (κ3) is 5.61. The summed E-state index contributed by atoms with van der Waals surface area (Å²) in [7, 11) is 1.51. The number of aromatic nitrogens is 4. The quantitative estimate of drug-likeness (QED) is 0.415. The van der Waals surface area contributed by atoms with Crippen molar-refractivity contribution < 1.29 is 18.7 Å². The van der Waals surface area contributed by atoms with E-state index in [1.54, 1.807) is 41.2 Å². The second-order valence-corrected chi connectivity index (χ2v) is 6.88. The first-order chi connectivity index (χ1) is 14.6. The second-order valence-electron chi connectivity index (χ2n) is 5.94. The van der Waals surface area contributed by atoms with Crippen molar-refractivity contribution in [2.75, 3.05) is 26.0 Å². The number of carbonyl (C=O) groups excluding carboxylic acids is 2. The zero-order valence-electron chi connectivity index (χ0n) is 16.0. The molecule has 3 rings (SSSR count). The fourth-order valence-electron chi connectivity index (χ4n) is 2.48. The third-order valence-electron chi connectivity index (χ3n) is 3.83. The minimum Gasteiger partial charge on any atom is -0.383 e. The molecule has 0 bridgehead atoms. The van der Waals surface area contributed by atoms with Gasteiger partial charge < -0.3 is 10.1 Å². The average Bonchev–Trinajstić information content (AvgIpc) is 3.17. The normalized spacial score (nSPS) is 10.6. The number of ether oxygens (including phenoxy) is 1. The van der Waals surface area contributed by atoms with Gasteiger partial charge in [0.1, 0.15) is 5.82 Å². The summed E-state index contributed by atoms with van der Waals surface area (Å²) in [6.45, 7) is 0.631. The van der Waals surface area contributed by atoms with Crippen LogP contribution in [0.3, 0.4) is 0 Å². The van der Waals surface area contributed by atoms with E-state index in [0.29, 0.717) is 23.3 Å². The number of thioether (sulfide) groups is 1. The minimum absolute atomic E-state index is 0.0621. The highest BCUT2D eigenvalue weighted by Crippen LogP contribution is 2.27. The number of pyridine rings is 1. The molecule has 0 saturated heterocycles. The number of nitrogens with one attached hydrogen (secondary N) is 2. The van der Waals surface area contributed by atoms with Gasteiger partial charge in [-0.3, -0.25) is 19.7 Å². The SMILES string of the molecule is COCCNC(=O)NC(=O)CSc1nnc(-c2ccncc2)n1-c1ccc(F)cc1. The van der Waals surface area contributed by atoms with E-state index in [4.69, 9.17) is 4.74 Å². The highest BCUT2D eigenvalue weighted by Gasteiger charge is 2.18. The predicted octanol–water partition coefficient (Wildman–Crippen LogP) is 2.03. The van der Waals surface area contributed by atoms with Crippen molar-refractivity contribution >= 4 is 23.7 Å². The van der Waals surface area contributed by atoms with Gasteiger partial charge in [0.25, 0.3) is 0 Å². The van der Waals surface area contributed by atoms with Crippen molar-refractivity contribution in [3.63, 3.8) is 0 Å². The average molecular weight is 430 g/mol. The Balaban J connectivity index is 1.76. The molecule has 0 fully saturated rings. The highest BCUT2D eigenvalue weighted by atomic mass is 32.2. The molecule has 2 heterocycles. The maximum atomic E-state index is 13.4. The lowest BCUT2D eigenvalue weighted by Gasteiger charge is -2.10. The number of carbonyl (C=O) groups is 2. The molecule has 0 saturated carbocycles. The van der Waals surface area contributed by atoms with Crippen molar-refractivity contribution in [2.24, 2.45) is 0 Å². The molecule has 0 aliphatic carbocycles. The Morgan fingerprint density at radius 1 is 1.13 bits per heavy atom. The first-order valence-corrected chi connectivity index (χ1v) is 9.88. The molecule has 1 aromatic carbocycles. The maximum Gasteiger partial charge on any atom is 0.321 e. The molecule has 0 unspecified atom stereocenters. The highest BCUT2D eigenvalue weighted by molar-refractivity contribution is 7.99. The Morgan fingerprint density at radius 2 is 1.87 bits per heavy atom. The molecule has 0 aliphatic heterocycles. The van der Waals surface area contributed by atoms with E-state index in [-0.39, 0.29) is 18.1 Å². The number of urea groups is 1. The van der Waals surface area contributed by atoms with Gasteiger partial charge >= 0.3 is 6.03 Å². The number of halogens is 1. The van der Waals surface area contributed by atoms with Crippen molar-refractivity contribution in [1.29, 1.82) is 0 Å². The van der Waals surface area contributed by atoms with E-state index in [0.717, 1.165) is 17.3 Å². The number of nitrogens with zero attached hydrogens (tertiary/aromatic N) is 4. The summed E-state index contributed by atoms with van der Waals surface area (Å²) in [4.78, 5) is 27.8. The summed E-state index contributed by atoms with van der Waals surface area (Å²) >= 11 is 1.10. The van der Waals surface area contributed by atoms with E-state index in [2.05, 4.69) is 25.8 Å². The molecular formula is C19H19FN6O3S. The van der Waals surface area contributed by atoms with Gasteiger partial charge in [-0.15, -0.1) is 10.2 Å². The molecule has 156 valence electrons. The van der Waals surface area contributed by atoms with Gasteiger partial charge in [0.15, 0.2) is 11.0 Å². The lowest BCUT2D eigenvalue weighted by Crippen LogP contribution is -2.41. The van der Waals surface area contributed by atoms with Crippen LogP contribution in [0.1, 0.15) is 0 Å². The third-order valence-corrected chi connectivity index (χ3v) is 4.76. The lowest BCUT2D eigenvalue weighted by molar-refractivity contribution is -0.117. The lowest BCUT2D eigenvalue weighted by atomic mass is 10.2. The van der Waals surface area contributed by atoms with Gasteiger partial charge in [0.05, 0.1) is 12.4 Å². The van der Waals surface area contributed by atoms with Crippen LogP contribution in [0.25, 0.3) is 17.1 Å². The summed E-state index contributed by atoms with van der Waals surface area (Å²) in [6, 6.07) is 8.79. The van der Waals surface area contributed by atoms with Gasteiger partial charge in [0, 0.05) is 37.3 Å². The Kier molecular flexibility index (Phi) is 7.46. The van der Waals surface area contributed by atoms with Crippen LogP contribution >= 0.6 is 11.8 Å². The molecule has 2 N–H and O–H groups in total. The van der Waals surface area contributed by atoms with E-state index in [1.807, 2.05) is 0 Å². The topological polar surface area (TPSA) is 111 Å². The van der Waals surface area contributed by atoms with Crippen LogP contribution in [0.2, 0.25) is 0 Å². The molecule has 0 aliphatic rings. The Labute approximate surface area is 176 Å². The number of imide groups is 1. The zero-order chi connectivity index (χ0) is 21.3. The first kappa shape index (κ1) is 21.4. The van der Waals surface area contributed by atoms with E-state index < -0.39 is 11.9 Å². The van der Waals surface area contributed by atoms with E-state index in [9.17, 15) is 14.0 Å². The number of rotatable bonds is 8. The Morgan fingerprint density at radius 3 is 2.57 bits per heavy atom. The summed E-state index contributed by atoms with van der Waals surface area (Å²) in [5.74, 6) is -0.406. The van der Waals surface area contributed by atoms with Crippen LogP contribution in [0, 0.1) is 5.82 Å². The van der Waals surface area contributed by atoms with Crippen LogP contribution in [-0.4, -0.2) is 57.7 Å². The molecule has 11 heteroatoms. The van der Waals surface area contributed by atoms with Crippen LogP contribution in [0.15, 0.2) is 53.9 Å². The Bertz CT molecular complexity index is 997.